The van der Waals surface area contributed by atoms with Crippen LogP contribution in [-0.2, 0) is 11.3 Å². The smallest absolute Gasteiger partial charge is 0.255 e. The molecule has 2 amide bonds. The van der Waals surface area contributed by atoms with Gasteiger partial charge < -0.3 is 14.7 Å². The summed E-state index contributed by atoms with van der Waals surface area (Å²) < 4.78 is 26.8. The number of amides is 2. The van der Waals surface area contributed by atoms with Crippen LogP contribution in [0.1, 0.15) is 33.9 Å². The Hall–Kier alpha value is -3.74. The van der Waals surface area contributed by atoms with E-state index in [1.54, 1.807) is 35.2 Å². The van der Waals surface area contributed by atoms with Gasteiger partial charge in [0.1, 0.15) is 11.6 Å². The number of benzene rings is 3. The van der Waals surface area contributed by atoms with Gasteiger partial charge in [0.25, 0.3) is 5.91 Å². The summed E-state index contributed by atoms with van der Waals surface area (Å²) >= 11 is 0. The third kappa shape index (κ3) is 4.38. The number of carbonyl (C=O) groups excluding carboxylic acids is 2. The Balaban J connectivity index is 1.31. The number of rotatable bonds is 5. The average Bonchev–Trinajstić information content (AvgIpc) is 3.20. The van der Waals surface area contributed by atoms with Crippen molar-refractivity contribution in [1.82, 2.24) is 9.80 Å². The van der Waals surface area contributed by atoms with Gasteiger partial charge in [0.05, 0.1) is 12.5 Å². The van der Waals surface area contributed by atoms with Crippen LogP contribution in [0.15, 0.2) is 72.8 Å². The molecule has 3 aromatic rings. The van der Waals surface area contributed by atoms with Gasteiger partial charge in [-0.3, -0.25) is 9.59 Å². The van der Waals surface area contributed by atoms with Crippen molar-refractivity contribution < 1.29 is 18.4 Å². The number of hydrogen-bond acceptors (Lipinski definition) is 3. The summed E-state index contributed by atoms with van der Waals surface area (Å²) in [6, 6.07) is 19.4. The summed E-state index contributed by atoms with van der Waals surface area (Å²) in [5.74, 6) is -0.791. The summed E-state index contributed by atoms with van der Waals surface area (Å²) in [5.41, 5.74) is 3.24. The van der Waals surface area contributed by atoms with E-state index in [0.717, 1.165) is 16.8 Å². The molecule has 1 unspecified atom stereocenters. The molecule has 3 aromatic carbocycles. The summed E-state index contributed by atoms with van der Waals surface area (Å²) in [5, 5.41) is 0. The molecule has 0 spiro atoms. The second kappa shape index (κ2) is 9.25. The molecule has 1 saturated heterocycles. The maximum absolute atomic E-state index is 13.6. The minimum atomic E-state index is -0.483. The van der Waals surface area contributed by atoms with E-state index >= 15 is 0 Å². The van der Waals surface area contributed by atoms with E-state index in [9.17, 15) is 18.4 Å². The van der Waals surface area contributed by atoms with Crippen LogP contribution in [0, 0.1) is 11.6 Å². The maximum atomic E-state index is 13.6. The van der Waals surface area contributed by atoms with E-state index in [1.807, 2.05) is 23.1 Å². The molecule has 0 N–H and O–H groups in total. The fourth-order valence-corrected chi connectivity index (χ4v) is 4.78. The van der Waals surface area contributed by atoms with Gasteiger partial charge in [0, 0.05) is 44.0 Å². The fourth-order valence-electron chi connectivity index (χ4n) is 4.78. The molecule has 5 nitrogen and oxygen atoms in total. The highest BCUT2D eigenvalue weighted by Gasteiger charge is 2.35. The molecule has 174 valence electrons. The van der Waals surface area contributed by atoms with Crippen molar-refractivity contribution in [2.45, 2.75) is 19.0 Å². The molecular formula is C27H25F2N3O2. The Morgan fingerprint density at radius 3 is 2.09 bits per heavy atom. The van der Waals surface area contributed by atoms with E-state index in [2.05, 4.69) is 4.90 Å². The SMILES string of the molecule is O=C(CC(c1ccc(F)cc1)N1Cc2ccccc2C1=O)N1CCN(c2ccc(F)cc2)CC1. The van der Waals surface area contributed by atoms with Crippen LogP contribution in [0.3, 0.4) is 0 Å². The Bertz CT molecular complexity index is 1190. The monoisotopic (exact) mass is 461 g/mol. The highest BCUT2D eigenvalue weighted by atomic mass is 19.1. The maximum Gasteiger partial charge on any atom is 0.255 e. The lowest BCUT2D eigenvalue weighted by Gasteiger charge is -2.37. The number of carbonyl (C=O) groups is 2. The van der Waals surface area contributed by atoms with Crippen molar-refractivity contribution >= 4 is 17.5 Å². The average molecular weight is 462 g/mol. The molecule has 0 saturated carbocycles. The molecule has 7 heteroatoms. The van der Waals surface area contributed by atoms with Gasteiger partial charge in [0.2, 0.25) is 5.91 Å². The normalized spacial score (nSPS) is 16.5. The van der Waals surface area contributed by atoms with E-state index in [-0.39, 0.29) is 29.9 Å². The van der Waals surface area contributed by atoms with Crippen molar-refractivity contribution in [2.24, 2.45) is 0 Å². The van der Waals surface area contributed by atoms with Crippen LogP contribution in [0.5, 0.6) is 0 Å². The van der Waals surface area contributed by atoms with Gasteiger partial charge in [-0.25, -0.2) is 8.78 Å². The van der Waals surface area contributed by atoms with Gasteiger partial charge >= 0.3 is 0 Å². The zero-order chi connectivity index (χ0) is 23.7. The summed E-state index contributed by atoms with van der Waals surface area (Å²) in [7, 11) is 0. The standard InChI is InChI=1S/C27H25F2N3O2/c28-21-7-5-19(6-8-21)25(32-18-20-3-1-2-4-24(20)27(32)34)17-26(33)31-15-13-30(14-16-31)23-11-9-22(29)10-12-23/h1-12,25H,13-18H2. The number of anilines is 1. The van der Waals surface area contributed by atoms with Gasteiger partial charge in [0.15, 0.2) is 0 Å². The summed E-state index contributed by atoms with van der Waals surface area (Å²) in [4.78, 5) is 32.1. The zero-order valence-corrected chi connectivity index (χ0v) is 18.7. The molecule has 0 aliphatic carbocycles. The number of fused-ring (bicyclic) bond motifs is 1. The molecule has 2 aliphatic rings. The van der Waals surface area contributed by atoms with Crippen molar-refractivity contribution in [3.05, 3.63) is 101 Å². The summed E-state index contributed by atoms with van der Waals surface area (Å²) in [6.45, 7) is 2.79. The predicted molar refractivity (Wildman–Crippen MR) is 125 cm³/mol. The highest BCUT2D eigenvalue weighted by molar-refractivity contribution is 5.98. The molecule has 2 heterocycles. The number of piperazine rings is 1. The number of hydrogen-bond donors (Lipinski definition) is 0. The minimum absolute atomic E-state index is 0.0446. The topological polar surface area (TPSA) is 43.9 Å². The third-order valence-electron chi connectivity index (χ3n) is 6.67. The molecule has 1 atom stereocenters. The molecule has 34 heavy (non-hydrogen) atoms. The molecule has 1 fully saturated rings. The van der Waals surface area contributed by atoms with Crippen LogP contribution in [-0.4, -0.2) is 47.8 Å². The van der Waals surface area contributed by atoms with Crippen LogP contribution in [0.2, 0.25) is 0 Å². The third-order valence-corrected chi connectivity index (χ3v) is 6.67. The Labute approximate surface area is 197 Å². The second-order valence-corrected chi connectivity index (χ2v) is 8.71. The number of halogens is 2. The first-order valence-electron chi connectivity index (χ1n) is 11.4. The van der Waals surface area contributed by atoms with E-state index in [1.165, 1.54) is 24.3 Å². The van der Waals surface area contributed by atoms with Crippen LogP contribution in [0.4, 0.5) is 14.5 Å². The molecule has 0 radical (unpaired) electrons. The van der Waals surface area contributed by atoms with E-state index in [4.69, 9.17) is 0 Å². The van der Waals surface area contributed by atoms with Crippen LogP contribution in [0.25, 0.3) is 0 Å². The van der Waals surface area contributed by atoms with Gasteiger partial charge in [-0.05, 0) is 53.6 Å². The highest BCUT2D eigenvalue weighted by Crippen LogP contribution is 2.34. The van der Waals surface area contributed by atoms with Gasteiger partial charge in [-0.2, -0.15) is 0 Å². The van der Waals surface area contributed by atoms with Crippen molar-refractivity contribution in [3.63, 3.8) is 0 Å². The van der Waals surface area contributed by atoms with E-state index in [0.29, 0.717) is 38.3 Å². The van der Waals surface area contributed by atoms with Crippen LogP contribution >= 0.6 is 0 Å². The largest absolute Gasteiger partial charge is 0.368 e. The summed E-state index contributed by atoms with van der Waals surface area (Å²) in [6.07, 6.45) is 0.127. The van der Waals surface area contributed by atoms with Gasteiger partial charge in [-0.15, -0.1) is 0 Å². The lowest BCUT2D eigenvalue weighted by Crippen LogP contribution is -2.49. The first-order chi connectivity index (χ1) is 16.5. The lowest BCUT2D eigenvalue weighted by atomic mass is 10.0. The Kier molecular flexibility index (Phi) is 6.01. The minimum Gasteiger partial charge on any atom is -0.368 e. The van der Waals surface area contributed by atoms with Crippen molar-refractivity contribution in [2.75, 3.05) is 31.1 Å². The first kappa shape index (κ1) is 22.1. The molecule has 0 aromatic heterocycles. The molecule has 2 aliphatic heterocycles. The molecule has 5 rings (SSSR count). The van der Waals surface area contributed by atoms with E-state index < -0.39 is 6.04 Å². The van der Waals surface area contributed by atoms with Crippen LogP contribution < -0.4 is 4.90 Å². The Morgan fingerprint density at radius 1 is 0.824 bits per heavy atom. The number of nitrogens with zero attached hydrogens (tertiary/aromatic N) is 3. The molecule has 0 bridgehead atoms. The van der Waals surface area contributed by atoms with Gasteiger partial charge in [-0.1, -0.05) is 30.3 Å². The van der Waals surface area contributed by atoms with Crippen molar-refractivity contribution in [1.29, 1.82) is 0 Å². The first-order valence-corrected chi connectivity index (χ1v) is 11.4. The molecular weight excluding hydrogens is 436 g/mol. The zero-order valence-electron chi connectivity index (χ0n) is 18.7. The Morgan fingerprint density at radius 2 is 1.44 bits per heavy atom. The van der Waals surface area contributed by atoms with Crippen molar-refractivity contribution in [3.8, 4) is 0 Å². The lowest BCUT2D eigenvalue weighted by molar-refractivity contribution is -0.132. The fraction of sp³-hybridized carbons (Fsp3) is 0.259. The predicted octanol–water partition coefficient (Wildman–Crippen LogP) is 4.40. The second-order valence-electron chi connectivity index (χ2n) is 8.71. The quantitative estimate of drug-likeness (QED) is 0.566.